The van der Waals surface area contributed by atoms with E-state index in [1.165, 1.54) is 12.1 Å². The first-order chi connectivity index (χ1) is 12.4. The zero-order chi connectivity index (χ0) is 18.7. The Morgan fingerprint density at radius 2 is 2.04 bits per heavy atom. The maximum Gasteiger partial charge on any atom is 0.226 e. The van der Waals surface area contributed by atoms with Gasteiger partial charge in [-0.15, -0.1) is 0 Å². The second-order valence-corrected chi connectivity index (χ2v) is 7.01. The first-order valence-corrected chi connectivity index (χ1v) is 9.11. The van der Waals surface area contributed by atoms with Crippen LogP contribution in [0.3, 0.4) is 0 Å². The molecule has 8 heteroatoms. The van der Waals surface area contributed by atoms with Crippen molar-refractivity contribution >= 4 is 39.7 Å². The number of halogens is 2. The predicted octanol–water partition coefficient (Wildman–Crippen LogP) is 4.85. The number of aromatic nitrogens is 3. The molecule has 3 aromatic rings. The molecule has 2 aromatic carbocycles. The van der Waals surface area contributed by atoms with Crippen molar-refractivity contribution in [2.24, 2.45) is 0 Å². The third-order valence-corrected chi connectivity index (χ3v) is 5.07. The van der Waals surface area contributed by atoms with E-state index in [4.69, 9.17) is 12.2 Å². The fraction of sp³-hybridized carbons (Fsp3) is 0.167. The largest absolute Gasteiger partial charge is 0.326 e. The van der Waals surface area contributed by atoms with E-state index in [0.29, 0.717) is 17.1 Å². The van der Waals surface area contributed by atoms with Crippen LogP contribution in [0.25, 0.3) is 11.4 Å². The number of anilines is 1. The van der Waals surface area contributed by atoms with Gasteiger partial charge in [-0.25, -0.2) is 4.39 Å². The molecule has 0 fully saturated rings. The number of hydrogen-bond donors (Lipinski definition) is 2. The number of amides is 1. The van der Waals surface area contributed by atoms with E-state index >= 15 is 0 Å². The molecule has 0 aliphatic rings. The van der Waals surface area contributed by atoms with Crippen molar-refractivity contribution in [3.8, 4) is 11.4 Å². The molecule has 1 amide bonds. The van der Waals surface area contributed by atoms with Crippen LogP contribution in [-0.4, -0.2) is 20.7 Å². The second-order valence-electron chi connectivity index (χ2n) is 5.77. The molecule has 3 rings (SSSR count). The molecule has 1 heterocycles. The molecule has 0 saturated carbocycles. The third-order valence-electron chi connectivity index (χ3n) is 3.86. The van der Waals surface area contributed by atoms with Crippen LogP contribution in [0.5, 0.6) is 0 Å². The molecule has 2 N–H and O–H groups in total. The summed E-state index contributed by atoms with van der Waals surface area (Å²) >= 11 is 8.68. The molecule has 0 bridgehead atoms. The van der Waals surface area contributed by atoms with E-state index in [-0.39, 0.29) is 18.1 Å². The van der Waals surface area contributed by atoms with Gasteiger partial charge in [0, 0.05) is 28.7 Å². The number of rotatable bonds is 5. The average Bonchev–Trinajstić information content (AvgIpc) is 2.98. The highest BCUT2D eigenvalue weighted by atomic mass is 79.9. The second kappa shape index (κ2) is 7.92. The molecular weight excluding hydrogens is 419 g/mol. The summed E-state index contributed by atoms with van der Waals surface area (Å²) in [6.45, 7) is 2.32. The van der Waals surface area contributed by atoms with Crippen molar-refractivity contribution in [2.45, 2.75) is 19.9 Å². The number of nitrogens with zero attached hydrogens (tertiary/aromatic N) is 2. The first-order valence-electron chi connectivity index (χ1n) is 7.91. The van der Waals surface area contributed by atoms with Crippen LogP contribution in [0.2, 0.25) is 0 Å². The van der Waals surface area contributed by atoms with Crippen LogP contribution >= 0.6 is 28.1 Å². The lowest BCUT2D eigenvalue weighted by Crippen LogP contribution is -2.15. The third kappa shape index (κ3) is 4.25. The molecule has 0 aliphatic heterocycles. The highest BCUT2D eigenvalue weighted by Gasteiger charge is 2.11. The number of carbonyl (C=O) groups excluding carboxylic acids is 1. The Bertz CT molecular complexity index is 997. The van der Waals surface area contributed by atoms with Crippen LogP contribution < -0.4 is 5.32 Å². The van der Waals surface area contributed by atoms with Crippen molar-refractivity contribution in [1.82, 2.24) is 14.8 Å². The molecule has 0 unspecified atom stereocenters. The van der Waals surface area contributed by atoms with Crippen LogP contribution in [0.15, 0.2) is 46.9 Å². The summed E-state index contributed by atoms with van der Waals surface area (Å²) in [5, 5.41) is 9.78. The van der Waals surface area contributed by atoms with Gasteiger partial charge in [-0.05, 0) is 67.2 Å². The molecule has 1 aromatic heterocycles. The lowest BCUT2D eigenvalue weighted by Gasteiger charge is -2.09. The molecular formula is C18H16BrFN4OS. The molecule has 0 radical (unpaired) electrons. The van der Waals surface area contributed by atoms with Gasteiger partial charge >= 0.3 is 0 Å². The van der Waals surface area contributed by atoms with Gasteiger partial charge in [0.2, 0.25) is 5.91 Å². The van der Waals surface area contributed by atoms with Crippen molar-refractivity contribution in [2.75, 3.05) is 5.32 Å². The number of nitrogens with one attached hydrogen (secondary N) is 2. The number of aromatic amines is 1. The Morgan fingerprint density at radius 1 is 1.31 bits per heavy atom. The summed E-state index contributed by atoms with van der Waals surface area (Å²) < 4.78 is 16.2. The number of benzene rings is 2. The van der Waals surface area contributed by atoms with Crippen LogP contribution in [-0.2, 0) is 11.3 Å². The Balaban J connectivity index is 1.70. The lowest BCUT2D eigenvalue weighted by molar-refractivity contribution is -0.116. The highest BCUT2D eigenvalue weighted by Crippen LogP contribution is 2.21. The fourth-order valence-corrected chi connectivity index (χ4v) is 2.97. The lowest BCUT2D eigenvalue weighted by atomic mass is 10.2. The first kappa shape index (κ1) is 18.5. The number of H-pyrrole nitrogens is 1. The van der Waals surface area contributed by atoms with Gasteiger partial charge < -0.3 is 5.32 Å². The zero-order valence-electron chi connectivity index (χ0n) is 13.9. The maximum atomic E-state index is 13.1. The summed E-state index contributed by atoms with van der Waals surface area (Å²) in [4.78, 5) is 12.3. The van der Waals surface area contributed by atoms with E-state index in [1.807, 2.05) is 25.1 Å². The molecule has 0 saturated heterocycles. The fourth-order valence-electron chi connectivity index (χ4n) is 2.50. The maximum absolute atomic E-state index is 13.1. The molecule has 0 aliphatic carbocycles. The summed E-state index contributed by atoms with van der Waals surface area (Å²) in [7, 11) is 0. The zero-order valence-corrected chi connectivity index (χ0v) is 16.3. The minimum atomic E-state index is -0.321. The van der Waals surface area contributed by atoms with Gasteiger partial charge in [-0.2, -0.15) is 5.10 Å². The number of carbonyl (C=O) groups is 1. The van der Waals surface area contributed by atoms with Crippen LogP contribution in [0.4, 0.5) is 10.1 Å². The minimum absolute atomic E-state index is 0.125. The topological polar surface area (TPSA) is 62.7 Å². The molecule has 0 atom stereocenters. The Labute approximate surface area is 163 Å². The van der Waals surface area contributed by atoms with Gasteiger partial charge in [0.15, 0.2) is 10.6 Å². The van der Waals surface area contributed by atoms with Crippen molar-refractivity contribution in [1.29, 1.82) is 0 Å². The van der Waals surface area contributed by atoms with E-state index in [2.05, 4.69) is 31.4 Å². The van der Waals surface area contributed by atoms with Crippen LogP contribution in [0, 0.1) is 17.5 Å². The summed E-state index contributed by atoms with van der Waals surface area (Å²) in [6.07, 6.45) is 0.233. The minimum Gasteiger partial charge on any atom is -0.326 e. The summed E-state index contributed by atoms with van der Waals surface area (Å²) in [5.74, 6) is 0.126. The molecule has 5 nitrogen and oxygen atoms in total. The predicted molar refractivity (Wildman–Crippen MR) is 105 cm³/mol. The smallest absolute Gasteiger partial charge is 0.226 e. The van der Waals surface area contributed by atoms with E-state index in [9.17, 15) is 9.18 Å². The van der Waals surface area contributed by atoms with Crippen molar-refractivity contribution < 1.29 is 9.18 Å². The number of aryl methyl sites for hydroxylation is 1. The van der Waals surface area contributed by atoms with Gasteiger partial charge in [0.25, 0.3) is 0 Å². The standard InChI is InChI=1S/C18H16BrFN4OS/c1-11-10-14(6-7-15(11)19)21-16(25)8-9-24-17(22-23-18(24)26)12-2-4-13(20)5-3-12/h2-7,10H,8-9H2,1H3,(H,21,25)(H,23,26). The van der Waals surface area contributed by atoms with Gasteiger partial charge in [0.05, 0.1) is 0 Å². The van der Waals surface area contributed by atoms with Gasteiger partial charge in [-0.3, -0.25) is 14.5 Å². The van der Waals surface area contributed by atoms with Crippen LogP contribution in [0.1, 0.15) is 12.0 Å². The SMILES string of the molecule is Cc1cc(NC(=O)CCn2c(-c3ccc(F)cc3)n[nH]c2=S)ccc1Br. The summed E-state index contributed by atoms with van der Waals surface area (Å²) in [5.41, 5.74) is 2.51. The Morgan fingerprint density at radius 3 is 2.73 bits per heavy atom. The molecule has 26 heavy (non-hydrogen) atoms. The highest BCUT2D eigenvalue weighted by molar-refractivity contribution is 9.10. The number of hydrogen-bond acceptors (Lipinski definition) is 3. The van der Waals surface area contributed by atoms with E-state index in [0.717, 1.165) is 21.3 Å². The average molecular weight is 435 g/mol. The Hall–Kier alpha value is -2.32. The van der Waals surface area contributed by atoms with E-state index < -0.39 is 0 Å². The summed E-state index contributed by atoms with van der Waals surface area (Å²) in [6, 6.07) is 11.6. The quantitative estimate of drug-likeness (QED) is 0.564. The van der Waals surface area contributed by atoms with Gasteiger partial charge in [-0.1, -0.05) is 15.9 Å². The van der Waals surface area contributed by atoms with Gasteiger partial charge in [0.1, 0.15) is 5.82 Å². The monoisotopic (exact) mass is 434 g/mol. The molecule has 0 spiro atoms. The Kier molecular flexibility index (Phi) is 5.63. The van der Waals surface area contributed by atoms with Crippen molar-refractivity contribution in [3.05, 3.63) is 63.1 Å². The van der Waals surface area contributed by atoms with Crippen molar-refractivity contribution in [3.63, 3.8) is 0 Å². The molecule has 134 valence electrons. The van der Waals surface area contributed by atoms with E-state index in [1.54, 1.807) is 16.7 Å². The normalized spacial score (nSPS) is 10.7.